The van der Waals surface area contributed by atoms with Gasteiger partial charge in [0.1, 0.15) is 0 Å². The Balaban J connectivity index is 3.99. The van der Waals surface area contributed by atoms with Crippen LogP contribution in [0.5, 0.6) is 0 Å². The first-order chi connectivity index (χ1) is 2.81. The van der Waals surface area contributed by atoms with Crippen LogP contribution >= 0.6 is 0 Å². The van der Waals surface area contributed by atoms with Crippen LogP contribution in [0.1, 0.15) is 6.92 Å². The summed E-state index contributed by atoms with van der Waals surface area (Å²) in [5.74, 6) is 2.36. The monoisotopic (exact) mass is 78.0 g/mol. The fourth-order valence-corrected chi connectivity index (χ4v) is 0.0510. The van der Waals surface area contributed by atoms with Crippen molar-refractivity contribution in [2.75, 3.05) is 0 Å². The number of rotatable bonds is 0. The van der Waals surface area contributed by atoms with E-state index in [2.05, 4.69) is 18.2 Å². The topological polar surface area (TPSA) is 0 Å². The summed E-state index contributed by atoms with van der Waals surface area (Å²) >= 11 is 0. The van der Waals surface area contributed by atoms with Gasteiger partial charge in [-0.3, -0.25) is 0 Å². The molecule has 0 spiro atoms. The van der Waals surface area contributed by atoms with Gasteiger partial charge in [0, 0.05) is 5.57 Å². The fourth-order valence-electron chi connectivity index (χ4n) is 0.0510. The molecule has 0 aliphatic carbocycles. The van der Waals surface area contributed by atoms with Crippen LogP contribution < -0.4 is 0 Å². The Kier molecular flexibility index (Phi) is 1.97. The molecule has 0 saturated heterocycles. The standard InChI is InChI=1S/C6H6/c1-4-6(3)5-2/h1H,2H2,3H3. The molecule has 0 aromatic carbocycles. The zero-order valence-electron chi connectivity index (χ0n) is 3.78. The molecule has 0 nitrogen and oxygen atoms in total. The van der Waals surface area contributed by atoms with Crippen molar-refractivity contribution in [3.05, 3.63) is 17.9 Å². The molecule has 0 rings (SSSR count). The molecule has 0 aromatic heterocycles. The predicted molar refractivity (Wildman–Crippen MR) is 27.2 cm³/mol. The lowest BCUT2D eigenvalue weighted by Gasteiger charge is -1.68. The van der Waals surface area contributed by atoms with E-state index in [9.17, 15) is 0 Å². The van der Waals surface area contributed by atoms with E-state index in [0.29, 0.717) is 0 Å². The first-order valence-corrected chi connectivity index (χ1v) is 1.64. The van der Waals surface area contributed by atoms with Gasteiger partial charge in [0.05, 0.1) is 0 Å². The lowest BCUT2D eigenvalue weighted by atomic mass is 10.4. The van der Waals surface area contributed by atoms with Gasteiger partial charge in [0.15, 0.2) is 0 Å². The minimum atomic E-state index is 0.759. The molecule has 0 aliphatic heterocycles. The van der Waals surface area contributed by atoms with Gasteiger partial charge in [0.25, 0.3) is 0 Å². The van der Waals surface area contributed by atoms with Crippen LogP contribution in [0.4, 0.5) is 0 Å². The molecular formula is C6H6. The molecule has 0 unspecified atom stereocenters. The molecule has 0 heterocycles. The maximum absolute atomic E-state index is 4.89. The molecular weight excluding hydrogens is 72.1 g/mol. The largest absolute Gasteiger partial charge is 0.116 e. The highest BCUT2D eigenvalue weighted by Gasteiger charge is 1.64. The summed E-state index contributed by atoms with van der Waals surface area (Å²) in [6.07, 6.45) is 4.89. The van der Waals surface area contributed by atoms with Crippen LogP contribution in [-0.4, -0.2) is 0 Å². The molecule has 0 atom stereocenters. The molecule has 6 heavy (non-hydrogen) atoms. The minimum absolute atomic E-state index is 0.759. The molecule has 0 amide bonds. The molecule has 0 aromatic rings. The van der Waals surface area contributed by atoms with E-state index in [-0.39, 0.29) is 0 Å². The Labute approximate surface area is 38.2 Å². The third-order valence-corrected chi connectivity index (χ3v) is 0.482. The molecule has 30 valence electrons. The Morgan fingerprint density at radius 3 is 2.33 bits per heavy atom. The second kappa shape index (κ2) is 2.33. The Morgan fingerprint density at radius 1 is 1.83 bits per heavy atom. The lowest BCUT2D eigenvalue weighted by Crippen LogP contribution is -1.54. The summed E-state index contributed by atoms with van der Waals surface area (Å²) in [4.78, 5) is 0. The van der Waals surface area contributed by atoms with Crippen molar-refractivity contribution in [3.63, 3.8) is 0 Å². The highest BCUT2D eigenvalue weighted by atomic mass is 13.7. The number of hydrogen-bond acceptors (Lipinski definition) is 0. The smallest absolute Gasteiger partial charge is 0.0398 e. The van der Waals surface area contributed by atoms with Crippen molar-refractivity contribution < 1.29 is 0 Å². The first kappa shape index (κ1) is 5.08. The van der Waals surface area contributed by atoms with Crippen molar-refractivity contribution in [1.29, 1.82) is 0 Å². The molecule has 0 radical (unpaired) electrons. The lowest BCUT2D eigenvalue weighted by molar-refractivity contribution is 1.61. The Hall–Kier alpha value is -0.920. The summed E-state index contributed by atoms with van der Waals surface area (Å²) in [6, 6.07) is 0. The molecule has 0 bridgehead atoms. The molecule has 0 fully saturated rings. The zero-order valence-corrected chi connectivity index (χ0v) is 3.78. The van der Waals surface area contributed by atoms with Crippen molar-refractivity contribution in [2.24, 2.45) is 0 Å². The van der Waals surface area contributed by atoms with Crippen LogP contribution in [-0.2, 0) is 0 Å². The van der Waals surface area contributed by atoms with Gasteiger partial charge in [0.2, 0.25) is 0 Å². The Morgan fingerprint density at radius 2 is 2.33 bits per heavy atom. The number of hydrogen-bond donors (Lipinski definition) is 0. The van der Waals surface area contributed by atoms with Crippen molar-refractivity contribution >= 4 is 0 Å². The molecule has 0 saturated carbocycles. The van der Waals surface area contributed by atoms with Gasteiger partial charge in [-0.05, 0) is 6.92 Å². The second-order valence-electron chi connectivity index (χ2n) is 0.946. The third-order valence-electron chi connectivity index (χ3n) is 0.482. The van der Waals surface area contributed by atoms with Crippen LogP contribution in [0.25, 0.3) is 0 Å². The van der Waals surface area contributed by atoms with E-state index in [4.69, 9.17) is 6.42 Å². The minimum Gasteiger partial charge on any atom is -0.116 e. The SMILES string of the molecule is C#CC(C)=C=C. The van der Waals surface area contributed by atoms with Gasteiger partial charge in [-0.25, -0.2) is 0 Å². The van der Waals surface area contributed by atoms with Crippen LogP contribution in [0.2, 0.25) is 0 Å². The average molecular weight is 78.1 g/mol. The van der Waals surface area contributed by atoms with Crippen molar-refractivity contribution in [2.45, 2.75) is 6.92 Å². The van der Waals surface area contributed by atoms with E-state index in [1.807, 2.05) is 0 Å². The summed E-state index contributed by atoms with van der Waals surface area (Å²) in [6.45, 7) is 5.11. The maximum Gasteiger partial charge on any atom is 0.0398 e. The van der Waals surface area contributed by atoms with Gasteiger partial charge < -0.3 is 0 Å². The van der Waals surface area contributed by atoms with Gasteiger partial charge in [-0.2, -0.15) is 0 Å². The summed E-state index contributed by atoms with van der Waals surface area (Å²) in [5, 5.41) is 0. The van der Waals surface area contributed by atoms with E-state index in [1.54, 1.807) is 6.92 Å². The van der Waals surface area contributed by atoms with Crippen LogP contribution in [0.3, 0.4) is 0 Å². The Bertz CT molecular complexity index is 117. The van der Waals surface area contributed by atoms with E-state index < -0.39 is 0 Å². The van der Waals surface area contributed by atoms with Crippen LogP contribution in [0, 0.1) is 12.3 Å². The van der Waals surface area contributed by atoms with Crippen molar-refractivity contribution in [3.8, 4) is 12.3 Å². The van der Waals surface area contributed by atoms with E-state index in [1.165, 1.54) is 0 Å². The maximum atomic E-state index is 4.89. The summed E-state index contributed by atoms with van der Waals surface area (Å²) in [7, 11) is 0. The van der Waals surface area contributed by atoms with Crippen molar-refractivity contribution in [1.82, 2.24) is 0 Å². The average Bonchev–Trinajstić information content (AvgIpc) is 1.65. The number of allylic oxidation sites excluding steroid dienone is 1. The fraction of sp³-hybridized carbons (Fsp3) is 0.167. The van der Waals surface area contributed by atoms with Gasteiger partial charge in [-0.15, -0.1) is 12.2 Å². The first-order valence-electron chi connectivity index (χ1n) is 1.64. The quantitative estimate of drug-likeness (QED) is 0.303. The molecule has 0 aliphatic rings. The summed E-state index contributed by atoms with van der Waals surface area (Å²) < 4.78 is 0. The highest BCUT2D eigenvalue weighted by Crippen LogP contribution is 1.78. The molecule has 0 N–H and O–H groups in total. The van der Waals surface area contributed by atoms with E-state index in [0.717, 1.165) is 5.57 Å². The predicted octanol–water partition coefficient (Wildman–Crippen LogP) is 1.35. The zero-order chi connectivity index (χ0) is 4.99. The van der Waals surface area contributed by atoms with Gasteiger partial charge >= 0.3 is 0 Å². The second-order valence-corrected chi connectivity index (χ2v) is 0.946. The summed E-state index contributed by atoms with van der Waals surface area (Å²) in [5.41, 5.74) is 3.30. The number of terminal acetylenes is 1. The third kappa shape index (κ3) is 1.40. The molecule has 0 heteroatoms. The normalized spacial score (nSPS) is 5.33. The highest BCUT2D eigenvalue weighted by molar-refractivity contribution is 5.20. The van der Waals surface area contributed by atoms with Crippen LogP contribution in [0.15, 0.2) is 17.9 Å². The van der Waals surface area contributed by atoms with Gasteiger partial charge in [-0.1, -0.05) is 12.5 Å². The van der Waals surface area contributed by atoms with E-state index >= 15 is 0 Å².